The highest BCUT2D eigenvalue weighted by atomic mass is 79.9. The highest BCUT2D eigenvalue weighted by Crippen LogP contribution is 2.30. The molecule has 7 nitrogen and oxygen atoms in total. The Morgan fingerprint density at radius 2 is 1.82 bits per heavy atom. The lowest BCUT2D eigenvalue weighted by Gasteiger charge is -2.06. The second kappa shape index (κ2) is 4.96. The monoisotopic (exact) mass is 379 g/mol. The molecule has 0 amide bonds. The summed E-state index contributed by atoms with van der Waals surface area (Å²) in [5, 5.41) is 8.82. The maximum atomic E-state index is 5.31. The molecule has 0 aliphatic rings. The van der Waals surface area contributed by atoms with Gasteiger partial charge < -0.3 is 9.47 Å². The number of halogens is 1. The van der Waals surface area contributed by atoms with Crippen molar-refractivity contribution in [1.29, 1.82) is 0 Å². The molecule has 0 aromatic carbocycles. The van der Waals surface area contributed by atoms with Gasteiger partial charge in [0.1, 0.15) is 11.4 Å². The first-order valence-electron chi connectivity index (χ1n) is 6.31. The Labute approximate surface area is 137 Å². The minimum atomic E-state index is 0.626. The molecule has 0 fully saturated rings. The van der Waals surface area contributed by atoms with Crippen molar-refractivity contribution in [2.75, 3.05) is 14.2 Å². The van der Waals surface area contributed by atoms with Crippen LogP contribution in [-0.2, 0) is 0 Å². The number of rotatable bonds is 3. The van der Waals surface area contributed by atoms with E-state index in [4.69, 9.17) is 9.47 Å². The number of ether oxygens (including phenoxy) is 2. The Balaban J connectivity index is 1.85. The van der Waals surface area contributed by atoms with Gasteiger partial charge in [0, 0.05) is 6.07 Å². The van der Waals surface area contributed by atoms with Crippen molar-refractivity contribution in [2.45, 2.75) is 0 Å². The van der Waals surface area contributed by atoms with Crippen molar-refractivity contribution >= 4 is 37.7 Å². The molecule has 0 saturated heterocycles. The molecule has 4 aromatic rings. The van der Waals surface area contributed by atoms with E-state index in [-0.39, 0.29) is 0 Å². The van der Waals surface area contributed by atoms with Gasteiger partial charge in [-0.15, -0.1) is 5.10 Å². The van der Waals surface area contributed by atoms with Crippen LogP contribution in [0.2, 0.25) is 0 Å². The van der Waals surface area contributed by atoms with Gasteiger partial charge >= 0.3 is 0 Å². The Morgan fingerprint density at radius 3 is 2.55 bits per heavy atom. The fraction of sp³-hybridized carbons (Fsp3) is 0.154. The van der Waals surface area contributed by atoms with Gasteiger partial charge in [0.05, 0.1) is 32.1 Å². The van der Waals surface area contributed by atoms with Crippen molar-refractivity contribution in [3.8, 4) is 22.9 Å². The summed E-state index contributed by atoms with van der Waals surface area (Å²) in [6, 6.07) is 3.83. The van der Waals surface area contributed by atoms with E-state index in [0.717, 1.165) is 25.8 Å². The number of aromatic nitrogens is 5. The van der Waals surface area contributed by atoms with Crippen LogP contribution in [0.15, 0.2) is 28.4 Å². The van der Waals surface area contributed by atoms with Crippen molar-refractivity contribution in [1.82, 2.24) is 24.2 Å². The van der Waals surface area contributed by atoms with Gasteiger partial charge in [0.25, 0.3) is 0 Å². The number of nitrogens with zero attached hydrogens (tertiary/aromatic N) is 5. The lowest BCUT2D eigenvalue weighted by atomic mass is 10.3. The normalized spacial score (nSPS) is 11.4. The third kappa shape index (κ3) is 2.04. The summed E-state index contributed by atoms with van der Waals surface area (Å²) in [4.78, 5) is 5.35. The summed E-state index contributed by atoms with van der Waals surface area (Å²) in [5.41, 5.74) is 2.44. The molecule has 4 heterocycles. The predicted octanol–water partition coefficient (Wildman–Crippen LogP) is 2.89. The van der Waals surface area contributed by atoms with Crippen LogP contribution in [0, 0.1) is 0 Å². The molecule has 9 heteroatoms. The molecule has 0 unspecified atom stereocenters. The summed E-state index contributed by atoms with van der Waals surface area (Å²) in [5.74, 6) is 1.29. The van der Waals surface area contributed by atoms with Gasteiger partial charge in [-0.25, -0.2) is 14.0 Å². The molecule has 0 spiro atoms. The fourth-order valence-corrected chi connectivity index (χ4v) is 3.45. The Morgan fingerprint density at radius 1 is 1.00 bits per heavy atom. The maximum Gasteiger partial charge on any atom is 0.213 e. The molecule has 0 aliphatic heterocycles. The van der Waals surface area contributed by atoms with Gasteiger partial charge in [-0.05, 0) is 22.0 Å². The van der Waals surface area contributed by atoms with E-state index >= 15 is 0 Å². The first-order valence-corrected chi connectivity index (χ1v) is 7.92. The summed E-state index contributed by atoms with van der Waals surface area (Å²) in [6.45, 7) is 0. The standard InChI is InChI=1S/C13H10BrN5O2S/c1-20-10-4-7-3-8(16-18(7)6-11(10)21-2)9-5-19-13(15-9)22-12(14)17-19/h3-6H,1-2H3. The fourth-order valence-electron chi connectivity index (χ4n) is 2.24. The number of pyridine rings is 1. The molecular formula is C13H10BrN5O2S. The van der Waals surface area contributed by atoms with Crippen LogP contribution < -0.4 is 9.47 Å². The highest BCUT2D eigenvalue weighted by molar-refractivity contribution is 9.11. The zero-order chi connectivity index (χ0) is 15.3. The van der Waals surface area contributed by atoms with Crippen LogP contribution in [0.1, 0.15) is 0 Å². The Bertz CT molecular complexity index is 917. The molecule has 0 atom stereocenters. The Hall–Kier alpha value is -2.13. The van der Waals surface area contributed by atoms with Crippen LogP contribution in [0.25, 0.3) is 21.9 Å². The molecule has 0 aliphatic carbocycles. The lowest BCUT2D eigenvalue weighted by molar-refractivity contribution is 0.353. The van der Waals surface area contributed by atoms with Crippen molar-refractivity contribution < 1.29 is 9.47 Å². The zero-order valence-electron chi connectivity index (χ0n) is 11.6. The van der Waals surface area contributed by atoms with Crippen LogP contribution in [0.5, 0.6) is 11.5 Å². The van der Waals surface area contributed by atoms with E-state index in [1.54, 1.807) is 29.4 Å². The van der Waals surface area contributed by atoms with Crippen molar-refractivity contribution in [3.63, 3.8) is 0 Å². The first-order chi connectivity index (χ1) is 10.7. The topological polar surface area (TPSA) is 66.0 Å². The third-order valence-electron chi connectivity index (χ3n) is 3.25. The number of fused-ring (bicyclic) bond motifs is 2. The molecule has 4 rings (SSSR count). The SMILES string of the molecule is COc1cc2cc(-c3cn4nc(Br)sc4n3)nn2cc1OC. The molecular weight excluding hydrogens is 370 g/mol. The van der Waals surface area contributed by atoms with Crippen LogP contribution >= 0.6 is 27.3 Å². The van der Waals surface area contributed by atoms with E-state index in [2.05, 4.69) is 31.1 Å². The average molecular weight is 380 g/mol. The second-order valence-electron chi connectivity index (χ2n) is 4.52. The first kappa shape index (κ1) is 13.5. The van der Waals surface area contributed by atoms with E-state index in [1.807, 2.05) is 18.3 Å². The summed E-state index contributed by atoms with van der Waals surface area (Å²) < 4.78 is 14.9. The maximum absolute atomic E-state index is 5.31. The number of imidazole rings is 1. The van der Waals surface area contributed by atoms with E-state index < -0.39 is 0 Å². The van der Waals surface area contributed by atoms with Crippen molar-refractivity contribution in [3.05, 3.63) is 28.4 Å². The smallest absolute Gasteiger partial charge is 0.213 e. The van der Waals surface area contributed by atoms with Crippen LogP contribution in [-0.4, -0.2) is 38.4 Å². The van der Waals surface area contributed by atoms with E-state index in [0.29, 0.717) is 11.5 Å². The van der Waals surface area contributed by atoms with Crippen LogP contribution in [0.3, 0.4) is 0 Å². The number of hydrogen-bond acceptors (Lipinski definition) is 6. The largest absolute Gasteiger partial charge is 0.493 e. The third-order valence-corrected chi connectivity index (χ3v) is 4.60. The average Bonchev–Trinajstić information content (AvgIpc) is 3.16. The molecule has 0 bridgehead atoms. The van der Waals surface area contributed by atoms with E-state index in [9.17, 15) is 0 Å². The quantitative estimate of drug-likeness (QED) is 0.547. The Kier molecular flexibility index (Phi) is 3.05. The molecule has 0 radical (unpaired) electrons. The van der Waals surface area contributed by atoms with Gasteiger partial charge in [0.15, 0.2) is 15.4 Å². The minimum Gasteiger partial charge on any atom is -0.493 e. The number of hydrogen-bond donors (Lipinski definition) is 0. The van der Waals surface area contributed by atoms with Crippen molar-refractivity contribution in [2.24, 2.45) is 0 Å². The minimum absolute atomic E-state index is 0.626. The molecule has 22 heavy (non-hydrogen) atoms. The summed E-state index contributed by atoms with van der Waals surface area (Å²) in [6.07, 6.45) is 3.64. The van der Waals surface area contributed by atoms with Gasteiger partial charge in [-0.2, -0.15) is 5.10 Å². The number of methoxy groups -OCH3 is 2. The zero-order valence-corrected chi connectivity index (χ0v) is 14.1. The molecule has 4 aromatic heterocycles. The van der Waals surface area contributed by atoms with E-state index in [1.165, 1.54) is 11.3 Å². The molecule has 112 valence electrons. The van der Waals surface area contributed by atoms with Gasteiger partial charge in [0.2, 0.25) is 4.96 Å². The van der Waals surface area contributed by atoms with Gasteiger partial charge in [-0.3, -0.25) is 0 Å². The lowest BCUT2D eigenvalue weighted by Crippen LogP contribution is -1.94. The molecule has 0 saturated carbocycles. The summed E-state index contributed by atoms with van der Waals surface area (Å²) in [7, 11) is 3.21. The van der Waals surface area contributed by atoms with Crippen LogP contribution in [0.4, 0.5) is 0 Å². The summed E-state index contributed by atoms with van der Waals surface area (Å²) >= 11 is 4.81. The molecule has 0 N–H and O–H groups in total. The van der Waals surface area contributed by atoms with Gasteiger partial charge in [-0.1, -0.05) is 11.3 Å². The predicted molar refractivity (Wildman–Crippen MR) is 85.9 cm³/mol. The highest BCUT2D eigenvalue weighted by Gasteiger charge is 2.13. The second-order valence-corrected chi connectivity index (χ2v) is 6.75.